The minimum absolute atomic E-state index is 0.0246. The van der Waals surface area contributed by atoms with Gasteiger partial charge < -0.3 is 15.8 Å². The number of carbonyl (C=O) groups is 1. The number of hydrogen-bond donors (Lipinski definition) is 2. The summed E-state index contributed by atoms with van der Waals surface area (Å²) in [5.74, 6) is 0.866. The zero-order valence-electron chi connectivity index (χ0n) is 11.4. The van der Waals surface area contributed by atoms with E-state index in [1.54, 1.807) is 0 Å². The Kier molecular flexibility index (Phi) is 5.65. The molecule has 0 bridgehead atoms. The molecule has 1 aromatic carbocycles. The summed E-state index contributed by atoms with van der Waals surface area (Å²) in [7, 11) is 0. The van der Waals surface area contributed by atoms with E-state index in [0.717, 1.165) is 16.9 Å². The van der Waals surface area contributed by atoms with Crippen molar-refractivity contribution in [1.82, 2.24) is 5.32 Å². The molecule has 4 nitrogen and oxygen atoms in total. The van der Waals surface area contributed by atoms with Crippen LogP contribution in [0.1, 0.15) is 23.1 Å². The summed E-state index contributed by atoms with van der Waals surface area (Å²) in [6.07, 6.45) is 0.354. The summed E-state index contributed by atoms with van der Waals surface area (Å²) in [4.78, 5) is 11.4. The van der Waals surface area contributed by atoms with E-state index < -0.39 is 0 Å². The predicted molar refractivity (Wildman–Crippen MR) is 72.8 cm³/mol. The van der Waals surface area contributed by atoms with Gasteiger partial charge >= 0.3 is 0 Å². The maximum atomic E-state index is 11.4. The Morgan fingerprint density at radius 1 is 1.28 bits per heavy atom. The fourth-order valence-electron chi connectivity index (χ4n) is 1.69. The van der Waals surface area contributed by atoms with Gasteiger partial charge in [-0.1, -0.05) is 12.1 Å². The average molecular weight is 250 g/mol. The van der Waals surface area contributed by atoms with Gasteiger partial charge in [0.15, 0.2) is 0 Å². The van der Waals surface area contributed by atoms with Crippen LogP contribution in [0.25, 0.3) is 0 Å². The van der Waals surface area contributed by atoms with Gasteiger partial charge in [-0.25, -0.2) is 0 Å². The molecule has 0 aromatic heterocycles. The molecule has 0 aliphatic heterocycles. The van der Waals surface area contributed by atoms with Crippen molar-refractivity contribution < 1.29 is 9.53 Å². The first-order valence-corrected chi connectivity index (χ1v) is 6.22. The molecule has 0 saturated heterocycles. The number of nitrogens with two attached hydrogens (primary N) is 1. The maximum Gasteiger partial charge on any atom is 0.223 e. The summed E-state index contributed by atoms with van der Waals surface area (Å²) >= 11 is 0. The minimum Gasteiger partial charge on any atom is -0.492 e. The van der Waals surface area contributed by atoms with Crippen LogP contribution in [0, 0.1) is 20.8 Å². The van der Waals surface area contributed by atoms with Gasteiger partial charge in [0.25, 0.3) is 0 Å². The van der Waals surface area contributed by atoms with Crippen LogP contribution in [0.4, 0.5) is 0 Å². The standard InChI is InChI=1S/C14H22N2O2/c1-10-4-5-11(2)14(12(10)3)18-9-6-13(17)16-8-7-15/h4-5H,6-9,15H2,1-3H3,(H,16,17). The highest BCUT2D eigenvalue weighted by Crippen LogP contribution is 2.25. The van der Waals surface area contributed by atoms with Crippen molar-refractivity contribution in [3.8, 4) is 5.75 Å². The number of aryl methyl sites for hydroxylation is 2. The van der Waals surface area contributed by atoms with Gasteiger partial charge in [-0.2, -0.15) is 0 Å². The quantitative estimate of drug-likeness (QED) is 0.803. The van der Waals surface area contributed by atoms with Gasteiger partial charge in [0.1, 0.15) is 5.75 Å². The van der Waals surface area contributed by atoms with Crippen LogP contribution in [-0.4, -0.2) is 25.6 Å². The Hall–Kier alpha value is -1.55. The van der Waals surface area contributed by atoms with Crippen LogP contribution < -0.4 is 15.8 Å². The van der Waals surface area contributed by atoms with Gasteiger partial charge in [-0.15, -0.1) is 0 Å². The lowest BCUT2D eigenvalue weighted by molar-refractivity contribution is -0.121. The molecule has 0 atom stereocenters. The molecule has 0 spiro atoms. The molecule has 1 rings (SSSR count). The summed E-state index contributed by atoms with van der Waals surface area (Å²) in [5, 5.41) is 2.72. The first kappa shape index (κ1) is 14.5. The molecular formula is C14H22N2O2. The second-order valence-electron chi connectivity index (χ2n) is 4.39. The average Bonchev–Trinajstić information content (AvgIpc) is 2.35. The van der Waals surface area contributed by atoms with Crippen molar-refractivity contribution in [2.24, 2.45) is 5.73 Å². The first-order chi connectivity index (χ1) is 8.56. The third-order valence-electron chi connectivity index (χ3n) is 2.92. The first-order valence-electron chi connectivity index (χ1n) is 6.22. The van der Waals surface area contributed by atoms with E-state index in [-0.39, 0.29) is 5.91 Å². The van der Waals surface area contributed by atoms with Crippen molar-refractivity contribution in [1.29, 1.82) is 0 Å². The fourth-order valence-corrected chi connectivity index (χ4v) is 1.69. The van der Waals surface area contributed by atoms with Crippen LogP contribution in [0.3, 0.4) is 0 Å². The van der Waals surface area contributed by atoms with Gasteiger partial charge in [0.2, 0.25) is 5.91 Å². The lowest BCUT2D eigenvalue weighted by atomic mass is 10.1. The summed E-state index contributed by atoms with van der Waals surface area (Å²) in [5.41, 5.74) is 8.74. The monoisotopic (exact) mass is 250 g/mol. The van der Waals surface area contributed by atoms with E-state index in [2.05, 4.69) is 18.3 Å². The molecule has 1 amide bonds. The molecule has 18 heavy (non-hydrogen) atoms. The highest BCUT2D eigenvalue weighted by Gasteiger charge is 2.07. The molecule has 0 aliphatic rings. The molecule has 3 N–H and O–H groups in total. The summed E-state index contributed by atoms with van der Waals surface area (Å²) < 4.78 is 5.71. The Balaban J connectivity index is 2.49. The topological polar surface area (TPSA) is 64.3 Å². The predicted octanol–water partition coefficient (Wildman–Crippen LogP) is 1.46. The van der Waals surface area contributed by atoms with Gasteiger partial charge in [-0.05, 0) is 37.5 Å². The highest BCUT2D eigenvalue weighted by atomic mass is 16.5. The van der Waals surface area contributed by atoms with Gasteiger partial charge in [0.05, 0.1) is 13.0 Å². The largest absolute Gasteiger partial charge is 0.492 e. The van der Waals surface area contributed by atoms with Crippen LogP contribution in [-0.2, 0) is 4.79 Å². The molecule has 1 aromatic rings. The third-order valence-corrected chi connectivity index (χ3v) is 2.92. The van der Waals surface area contributed by atoms with Crippen LogP contribution in [0.2, 0.25) is 0 Å². The summed E-state index contributed by atoms with van der Waals surface area (Å²) in [6.45, 7) is 7.46. The normalized spacial score (nSPS) is 10.2. The Morgan fingerprint density at radius 3 is 2.61 bits per heavy atom. The van der Waals surface area contributed by atoms with E-state index in [1.165, 1.54) is 5.56 Å². The zero-order chi connectivity index (χ0) is 13.5. The molecule has 4 heteroatoms. The molecule has 0 saturated carbocycles. The third kappa shape index (κ3) is 4.04. The number of hydrogen-bond acceptors (Lipinski definition) is 3. The molecule has 0 aliphatic carbocycles. The van der Waals surface area contributed by atoms with Gasteiger partial charge in [-0.3, -0.25) is 4.79 Å². The van der Waals surface area contributed by atoms with Crippen LogP contribution >= 0.6 is 0 Å². The number of carbonyl (C=O) groups excluding carboxylic acids is 1. The van der Waals surface area contributed by atoms with E-state index >= 15 is 0 Å². The van der Waals surface area contributed by atoms with E-state index in [1.807, 2.05) is 19.9 Å². The van der Waals surface area contributed by atoms with Crippen LogP contribution in [0.5, 0.6) is 5.75 Å². The lowest BCUT2D eigenvalue weighted by Crippen LogP contribution is -2.30. The number of benzene rings is 1. The smallest absolute Gasteiger partial charge is 0.223 e. The van der Waals surface area contributed by atoms with E-state index in [0.29, 0.717) is 26.1 Å². The molecule has 100 valence electrons. The number of nitrogens with one attached hydrogen (secondary N) is 1. The van der Waals surface area contributed by atoms with Crippen molar-refractivity contribution >= 4 is 5.91 Å². The minimum atomic E-state index is -0.0246. The number of rotatable bonds is 6. The van der Waals surface area contributed by atoms with Crippen LogP contribution in [0.15, 0.2) is 12.1 Å². The molecule has 0 unspecified atom stereocenters. The maximum absolute atomic E-state index is 11.4. The van der Waals surface area contributed by atoms with Crippen molar-refractivity contribution in [2.75, 3.05) is 19.7 Å². The fraction of sp³-hybridized carbons (Fsp3) is 0.500. The number of ether oxygens (including phenoxy) is 1. The van der Waals surface area contributed by atoms with Crippen molar-refractivity contribution in [3.63, 3.8) is 0 Å². The Morgan fingerprint density at radius 2 is 1.94 bits per heavy atom. The SMILES string of the molecule is Cc1ccc(C)c(OCCC(=O)NCCN)c1C. The second-order valence-corrected chi connectivity index (χ2v) is 4.39. The van der Waals surface area contributed by atoms with E-state index in [4.69, 9.17) is 10.5 Å². The summed E-state index contributed by atoms with van der Waals surface area (Å²) in [6, 6.07) is 4.11. The van der Waals surface area contributed by atoms with Gasteiger partial charge in [0, 0.05) is 13.1 Å². The Bertz CT molecular complexity index is 417. The molecular weight excluding hydrogens is 228 g/mol. The number of amides is 1. The zero-order valence-corrected chi connectivity index (χ0v) is 11.4. The lowest BCUT2D eigenvalue weighted by Gasteiger charge is -2.13. The molecule has 0 radical (unpaired) electrons. The van der Waals surface area contributed by atoms with Crippen molar-refractivity contribution in [2.45, 2.75) is 27.2 Å². The highest BCUT2D eigenvalue weighted by molar-refractivity contribution is 5.75. The van der Waals surface area contributed by atoms with E-state index in [9.17, 15) is 4.79 Å². The Labute approximate surface area is 109 Å². The molecule has 0 heterocycles. The molecule has 0 fully saturated rings. The second kappa shape index (κ2) is 7.01. The van der Waals surface area contributed by atoms with Crippen molar-refractivity contribution in [3.05, 3.63) is 28.8 Å².